The topological polar surface area (TPSA) is 41.1 Å². The normalized spacial score (nSPS) is 17.3. The van der Waals surface area contributed by atoms with E-state index in [0.29, 0.717) is 5.69 Å². The first-order valence-electron chi connectivity index (χ1n) is 7.19. The molecule has 0 spiro atoms. The molecular formula is C15H19Cl2FN2O. The molecule has 1 amide bonds. The number of nitrogens with one attached hydrogen (secondary N) is 2. The quantitative estimate of drug-likeness (QED) is 0.803. The number of carbonyl (C=O) groups excluding carboxylic acids is 1. The van der Waals surface area contributed by atoms with Gasteiger partial charge in [-0.05, 0) is 31.9 Å². The fraction of sp³-hybridized carbons (Fsp3) is 0.533. The van der Waals surface area contributed by atoms with Gasteiger partial charge in [-0.15, -0.1) is 0 Å². The van der Waals surface area contributed by atoms with Crippen LogP contribution in [-0.4, -0.2) is 18.0 Å². The van der Waals surface area contributed by atoms with Crippen LogP contribution in [0.1, 0.15) is 39.0 Å². The first-order chi connectivity index (χ1) is 9.97. The molecule has 1 aromatic carbocycles. The lowest BCUT2D eigenvalue weighted by Crippen LogP contribution is -2.44. The third-order valence-corrected chi connectivity index (χ3v) is 4.26. The van der Waals surface area contributed by atoms with Crippen LogP contribution in [0.5, 0.6) is 0 Å². The molecule has 21 heavy (non-hydrogen) atoms. The van der Waals surface area contributed by atoms with Crippen molar-refractivity contribution in [1.82, 2.24) is 5.32 Å². The number of halogens is 3. The maximum Gasteiger partial charge on any atom is 0.242 e. The van der Waals surface area contributed by atoms with E-state index in [-0.39, 0.29) is 22.0 Å². The van der Waals surface area contributed by atoms with Gasteiger partial charge in [-0.25, -0.2) is 4.39 Å². The molecule has 1 fully saturated rings. The van der Waals surface area contributed by atoms with Gasteiger partial charge in [0.05, 0.1) is 10.0 Å². The molecule has 1 aliphatic rings. The number of carbonyl (C=O) groups is 1. The third kappa shape index (κ3) is 4.48. The van der Waals surface area contributed by atoms with Crippen molar-refractivity contribution in [3.63, 3.8) is 0 Å². The van der Waals surface area contributed by atoms with E-state index in [1.165, 1.54) is 18.6 Å². The van der Waals surface area contributed by atoms with Gasteiger partial charge in [0.2, 0.25) is 5.91 Å². The Morgan fingerprint density at radius 1 is 1.24 bits per heavy atom. The van der Waals surface area contributed by atoms with Gasteiger partial charge in [-0.3, -0.25) is 4.79 Å². The predicted molar refractivity (Wildman–Crippen MR) is 84.5 cm³/mol. The van der Waals surface area contributed by atoms with Crippen molar-refractivity contribution in [3.05, 3.63) is 28.0 Å². The Morgan fingerprint density at radius 2 is 1.81 bits per heavy atom. The zero-order chi connectivity index (χ0) is 15.4. The van der Waals surface area contributed by atoms with Crippen LogP contribution in [0.4, 0.5) is 10.1 Å². The summed E-state index contributed by atoms with van der Waals surface area (Å²) < 4.78 is 13.3. The minimum atomic E-state index is -0.650. The first-order valence-corrected chi connectivity index (χ1v) is 7.94. The van der Waals surface area contributed by atoms with Crippen LogP contribution < -0.4 is 10.6 Å². The molecule has 1 aliphatic carbocycles. The molecule has 1 saturated carbocycles. The molecule has 0 radical (unpaired) electrons. The molecule has 1 atom stereocenters. The van der Waals surface area contributed by atoms with Crippen molar-refractivity contribution in [2.24, 2.45) is 0 Å². The molecule has 0 bridgehead atoms. The highest BCUT2D eigenvalue weighted by Gasteiger charge is 2.20. The Balaban J connectivity index is 1.93. The van der Waals surface area contributed by atoms with Gasteiger partial charge in [-0.2, -0.15) is 0 Å². The Morgan fingerprint density at radius 3 is 2.38 bits per heavy atom. The third-order valence-electron chi connectivity index (χ3n) is 3.71. The lowest BCUT2D eigenvalue weighted by molar-refractivity contribution is -0.122. The number of hydrogen-bond donors (Lipinski definition) is 2. The number of rotatable bonds is 4. The zero-order valence-corrected chi connectivity index (χ0v) is 13.4. The van der Waals surface area contributed by atoms with Crippen LogP contribution in [0.15, 0.2) is 12.1 Å². The van der Waals surface area contributed by atoms with Crippen LogP contribution in [-0.2, 0) is 4.79 Å². The van der Waals surface area contributed by atoms with E-state index >= 15 is 0 Å². The number of hydrogen-bond acceptors (Lipinski definition) is 2. The van der Waals surface area contributed by atoms with Crippen molar-refractivity contribution in [2.75, 3.05) is 5.32 Å². The maximum absolute atomic E-state index is 13.3. The first kappa shape index (κ1) is 16.4. The highest BCUT2D eigenvalue weighted by atomic mass is 35.5. The van der Waals surface area contributed by atoms with Gasteiger partial charge in [0, 0.05) is 11.7 Å². The molecule has 116 valence electrons. The van der Waals surface area contributed by atoms with Crippen molar-refractivity contribution in [3.8, 4) is 0 Å². The van der Waals surface area contributed by atoms with Crippen LogP contribution >= 0.6 is 23.2 Å². The molecule has 0 aliphatic heterocycles. The van der Waals surface area contributed by atoms with Crippen molar-refractivity contribution >= 4 is 34.8 Å². The molecule has 1 aromatic rings. The minimum Gasteiger partial charge on any atom is -0.374 e. The monoisotopic (exact) mass is 332 g/mol. The number of benzene rings is 1. The lowest BCUT2D eigenvalue weighted by atomic mass is 9.95. The molecule has 0 heterocycles. The molecule has 0 aromatic heterocycles. The van der Waals surface area contributed by atoms with Crippen molar-refractivity contribution < 1.29 is 9.18 Å². The number of amides is 1. The Kier molecular flexibility index (Phi) is 5.71. The molecule has 0 saturated heterocycles. The summed E-state index contributed by atoms with van der Waals surface area (Å²) in [4.78, 5) is 12.1. The summed E-state index contributed by atoms with van der Waals surface area (Å²) in [5.41, 5.74) is 0.526. The second kappa shape index (κ2) is 7.32. The zero-order valence-electron chi connectivity index (χ0n) is 11.9. The summed E-state index contributed by atoms with van der Waals surface area (Å²) in [5, 5.41) is 5.90. The van der Waals surface area contributed by atoms with Gasteiger partial charge < -0.3 is 10.6 Å². The van der Waals surface area contributed by atoms with Gasteiger partial charge >= 0.3 is 0 Å². The van der Waals surface area contributed by atoms with E-state index in [0.717, 1.165) is 25.7 Å². The Hall–Kier alpha value is -1.00. The lowest BCUT2D eigenvalue weighted by Gasteiger charge is -2.25. The standard InChI is InChI=1S/C15H19Cl2FN2O/c1-9(15(21)20-10-5-3-2-4-6-10)19-11-7-12(16)14(18)13(17)8-11/h7-10,19H,2-6H2,1H3,(H,20,21). The minimum absolute atomic E-state index is 0.0649. The highest BCUT2D eigenvalue weighted by molar-refractivity contribution is 6.35. The van der Waals surface area contributed by atoms with Crippen molar-refractivity contribution in [1.29, 1.82) is 0 Å². The molecule has 1 unspecified atom stereocenters. The van der Waals surface area contributed by atoms with Gasteiger partial charge in [-0.1, -0.05) is 42.5 Å². The maximum atomic E-state index is 13.3. The molecule has 2 rings (SSSR count). The van der Waals surface area contributed by atoms with Gasteiger partial charge in [0.15, 0.2) is 5.82 Å². The van der Waals surface area contributed by atoms with Crippen LogP contribution in [0.25, 0.3) is 0 Å². The van der Waals surface area contributed by atoms with E-state index in [1.807, 2.05) is 0 Å². The predicted octanol–water partition coefficient (Wildman–Crippen LogP) is 4.38. The van der Waals surface area contributed by atoms with E-state index in [4.69, 9.17) is 23.2 Å². The summed E-state index contributed by atoms with van der Waals surface area (Å²) >= 11 is 11.5. The second-order valence-corrected chi connectivity index (χ2v) is 6.28. The largest absolute Gasteiger partial charge is 0.374 e. The highest BCUT2D eigenvalue weighted by Crippen LogP contribution is 2.27. The molecule has 2 N–H and O–H groups in total. The smallest absolute Gasteiger partial charge is 0.242 e. The van der Waals surface area contributed by atoms with Crippen molar-refractivity contribution in [2.45, 2.75) is 51.1 Å². The summed E-state index contributed by atoms with van der Waals surface area (Å²) in [6, 6.07) is 2.67. The average Bonchev–Trinajstić information content (AvgIpc) is 2.45. The summed E-state index contributed by atoms with van der Waals surface area (Å²) in [7, 11) is 0. The Bertz CT molecular complexity index is 495. The van der Waals surface area contributed by atoms with E-state index < -0.39 is 11.9 Å². The molecular weight excluding hydrogens is 314 g/mol. The fourth-order valence-corrected chi connectivity index (χ4v) is 3.01. The molecule has 6 heteroatoms. The second-order valence-electron chi connectivity index (χ2n) is 5.46. The van der Waals surface area contributed by atoms with Gasteiger partial charge in [0.25, 0.3) is 0 Å². The summed E-state index contributed by atoms with van der Waals surface area (Å²) in [5.74, 6) is -0.721. The fourth-order valence-electron chi connectivity index (χ4n) is 2.53. The molecule has 3 nitrogen and oxygen atoms in total. The van der Waals surface area contributed by atoms with E-state index in [1.54, 1.807) is 6.92 Å². The number of anilines is 1. The summed E-state index contributed by atoms with van der Waals surface area (Å²) in [6.07, 6.45) is 5.64. The summed E-state index contributed by atoms with van der Waals surface area (Å²) in [6.45, 7) is 1.75. The Labute approximate surface area is 134 Å². The van der Waals surface area contributed by atoms with E-state index in [9.17, 15) is 9.18 Å². The van der Waals surface area contributed by atoms with Crippen LogP contribution in [0, 0.1) is 5.82 Å². The van der Waals surface area contributed by atoms with Gasteiger partial charge in [0.1, 0.15) is 6.04 Å². The average molecular weight is 333 g/mol. The SMILES string of the molecule is CC(Nc1cc(Cl)c(F)c(Cl)c1)C(=O)NC1CCCCC1. The van der Waals surface area contributed by atoms with E-state index in [2.05, 4.69) is 10.6 Å². The van der Waals surface area contributed by atoms with Crippen LogP contribution in [0.2, 0.25) is 10.0 Å². The van der Waals surface area contributed by atoms with Crippen LogP contribution in [0.3, 0.4) is 0 Å².